The van der Waals surface area contributed by atoms with Gasteiger partial charge in [0.25, 0.3) is 12.4 Å². The maximum atomic E-state index is 11.5. The Hall–Kier alpha value is -0.710. The van der Waals surface area contributed by atoms with Crippen LogP contribution in [0.25, 0.3) is 0 Å². The van der Waals surface area contributed by atoms with Gasteiger partial charge in [0.15, 0.2) is 6.10 Å². The van der Waals surface area contributed by atoms with Crippen molar-refractivity contribution in [2.45, 2.75) is 26.4 Å². The first-order chi connectivity index (χ1) is 7.11. The highest BCUT2D eigenvalue weighted by Crippen LogP contribution is 2.04. The van der Waals surface area contributed by atoms with Crippen molar-refractivity contribution in [3.63, 3.8) is 0 Å². The fourth-order valence-corrected chi connectivity index (χ4v) is 1.42. The predicted octanol–water partition coefficient (Wildman–Crippen LogP) is 1.05. The number of ether oxygens (including phenoxy) is 1. The molecule has 0 aromatic rings. The Morgan fingerprint density at radius 3 is 2.67 bits per heavy atom. The Morgan fingerprint density at radius 2 is 2.20 bits per heavy atom. The molecule has 0 saturated heterocycles. The molecule has 0 bridgehead atoms. The van der Waals surface area contributed by atoms with E-state index in [2.05, 4.69) is 5.32 Å². The number of carbonyl (C=O) groups is 2. The van der Waals surface area contributed by atoms with Gasteiger partial charge in [-0.2, -0.15) is 11.8 Å². The molecule has 0 heterocycles. The topological polar surface area (TPSA) is 55.4 Å². The molecule has 1 N–H and O–H groups in total. The zero-order chi connectivity index (χ0) is 11.7. The molecule has 0 saturated carbocycles. The lowest BCUT2D eigenvalue weighted by Gasteiger charge is -2.15. The summed E-state index contributed by atoms with van der Waals surface area (Å²) in [5.41, 5.74) is 0. The number of rotatable bonds is 8. The highest BCUT2D eigenvalue weighted by molar-refractivity contribution is 7.98. The molecule has 0 radical (unpaired) electrons. The molecule has 0 spiro atoms. The third-order valence-corrected chi connectivity index (χ3v) is 2.42. The molecule has 0 rings (SSSR count). The zero-order valence-electron chi connectivity index (χ0n) is 9.49. The van der Waals surface area contributed by atoms with E-state index in [4.69, 9.17) is 4.74 Å². The van der Waals surface area contributed by atoms with E-state index in [1.807, 2.05) is 20.1 Å². The van der Waals surface area contributed by atoms with E-state index >= 15 is 0 Å². The summed E-state index contributed by atoms with van der Waals surface area (Å²) in [6, 6.07) is 0. The number of hydrogen-bond acceptors (Lipinski definition) is 4. The molecule has 0 aliphatic rings. The van der Waals surface area contributed by atoms with E-state index in [1.54, 1.807) is 11.8 Å². The van der Waals surface area contributed by atoms with Crippen LogP contribution in [0.1, 0.15) is 20.3 Å². The zero-order valence-corrected chi connectivity index (χ0v) is 10.3. The Bertz CT molecular complexity index is 197. The fraction of sp³-hybridized carbons (Fsp3) is 0.800. The molecule has 4 nitrogen and oxygen atoms in total. The minimum absolute atomic E-state index is 0.204. The van der Waals surface area contributed by atoms with Crippen molar-refractivity contribution in [3.05, 3.63) is 0 Å². The maximum Gasteiger partial charge on any atom is 0.293 e. The van der Waals surface area contributed by atoms with Crippen molar-refractivity contribution in [2.75, 3.05) is 18.6 Å². The Morgan fingerprint density at radius 1 is 1.53 bits per heavy atom. The van der Waals surface area contributed by atoms with Crippen molar-refractivity contribution >= 4 is 24.1 Å². The molecular weight excluding hydrogens is 214 g/mol. The Labute approximate surface area is 95.1 Å². The summed E-state index contributed by atoms with van der Waals surface area (Å²) < 4.78 is 4.73. The van der Waals surface area contributed by atoms with Gasteiger partial charge in [-0.05, 0) is 17.9 Å². The summed E-state index contributed by atoms with van der Waals surface area (Å²) in [7, 11) is 0. The molecule has 5 heteroatoms. The van der Waals surface area contributed by atoms with E-state index in [-0.39, 0.29) is 5.91 Å². The third-order valence-electron chi connectivity index (χ3n) is 1.78. The summed E-state index contributed by atoms with van der Waals surface area (Å²) in [6.07, 6.45) is 1.86. The number of thioether (sulfide) groups is 1. The van der Waals surface area contributed by atoms with E-state index in [1.165, 1.54) is 0 Å². The van der Waals surface area contributed by atoms with Crippen LogP contribution in [0, 0.1) is 5.92 Å². The van der Waals surface area contributed by atoms with Gasteiger partial charge in [-0.1, -0.05) is 13.8 Å². The van der Waals surface area contributed by atoms with Crippen molar-refractivity contribution in [2.24, 2.45) is 5.92 Å². The van der Waals surface area contributed by atoms with Crippen LogP contribution in [0.4, 0.5) is 0 Å². The van der Waals surface area contributed by atoms with Crippen LogP contribution in [0.5, 0.6) is 0 Å². The SMILES string of the molecule is CSCCC(OC=O)C(=O)NCC(C)C. The minimum atomic E-state index is -0.645. The van der Waals surface area contributed by atoms with Crippen LogP contribution < -0.4 is 5.32 Å². The molecule has 0 fully saturated rings. The molecule has 1 amide bonds. The van der Waals surface area contributed by atoms with Gasteiger partial charge in [0.05, 0.1) is 0 Å². The first kappa shape index (κ1) is 14.3. The smallest absolute Gasteiger partial charge is 0.293 e. The summed E-state index contributed by atoms with van der Waals surface area (Å²) in [4.78, 5) is 21.8. The third kappa shape index (κ3) is 7.25. The normalized spacial score (nSPS) is 12.3. The summed E-state index contributed by atoms with van der Waals surface area (Å²) in [5, 5.41) is 2.74. The van der Waals surface area contributed by atoms with Gasteiger partial charge in [0.1, 0.15) is 0 Å². The molecule has 1 atom stereocenters. The number of amides is 1. The average molecular weight is 233 g/mol. The summed E-state index contributed by atoms with van der Waals surface area (Å²) in [5.74, 6) is 0.990. The molecule has 0 aliphatic carbocycles. The minimum Gasteiger partial charge on any atom is -0.454 e. The average Bonchev–Trinajstić information content (AvgIpc) is 2.20. The predicted molar refractivity (Wildman–Crippen MR) is 61.8 cm³/mol. The van der Waals surface area contributed by atoms with Crippen LogP contribution in [-0.2, 0) is 14.3 Å². The molecule has 0 aromatic carbocycles. The lowest BCUT2D eigenvalue weighted by Crippen LogP contribution is -2.38. The van der Waals surface area contributed by atoms with Crippen molar-refractivity contribution in [1.29, 1.82) is 0 Å². The first-order valence-electron chi connectivity index (χ1n) is 4.97. The second-order valence-corrected chi connectivity index (χ2v) is 4.63. The van der Waals surface area contributed by atoms with Gasteiger partial charge in [-0.25, -0.2) is 0 Å². The van der Waals surface area contributed by atoms with E-state index in [0.717, 1.165) is 5.75 Å². The number of nitrogens with one attached hydrogen (secondary N) is 1. The van der Waals surface area contributed by atoms with Gasteiger partial charge < -0.3 is 10.1 Å². The fourth-order valence-electron chi connectivity index (χ4n) is 0.971. The van der Waals surface area contributed by atoms with Crippen LogP contribution in [0.15, 0.2) is 0 Å². The number of hydrogen-bond donors (Lipinski definition) is 1. The standard InChI is InChI=1S/C10H19NO3S/c1-8(2)6-11-10(13)9(14-7-12)4-5-15-3/h7-9H,4-6H2,1-3H3,(H,11,13). The molecule has 0 aliphatic heterocycles. The van der Waals surface area contributed by atoms with E-state index in [0.29, 0.717) is 25.4 Å². The Kier molecular flexibility index (Phi) is 8.18. The maximum absolute atomic E-state index is 11.5. The van der Waals surface area contributed by atoms with Crippen LogP contribution >= 0.6 is 11.8 Å². The quantitative estimate of drug-likeness (QED) is 0.637. The summed E-state index contributed by atoms with van der Waals surface area (Å²) >= 11 is 1.62. The van der Waals surface area contributed by atoms with Crippen LogP contribution in [0.2, 0.25) is 0 Å². The molecule has 0 aromatic heterocycles. The van der Waals surface area contributed by atoms with Gasteiger partial charge in [0, 0.05) is 13.0 Å². The highest BCUT2D eigenvalue weighted by atomic mass is 32.2. The van der Waals surface area contributed by atoms with Crippen molar-refractivity contribution in [1.82, 2.24) is 5.32 Å². The van der Waals surface area contributed by atoms with E-state index in [9.17, 15) is 9.59 Å². The molecule has 15 heavy (non-hydrogen) atoms. The largest absolute Gasteiger partial charge is 0.454 e. The Balaban J connectivity index is 3.97. The lowest BCUT2D eigenvalue weighted by atomic mass is 10.2. The van der Waals surface area contributed by atoms with Gasteiger partial charge in [-0.15, -0.1) is 0 Å². The second kappa shape index (κ2) is 8.59. The van der Waals surface area contributed by atoms with Crippen LogP contribution in [-0.4, -0.2) is 37.0 Å². The van der Waals surface area contributed by atoms with Crippen molar-refractivity contribution < 1.29 is 14.3 Å². The second-order valence-electron chi connectivity index (χ2n) is 3.64. The van der Waals surface area contributed by atoms with E-state index < -0.39 is 6.10 Å². The van der Waals surface area contributed by atoms with Crippen molar-refractivity contribution in [3.8, 4) is 0 Å². The molecular formula is C10H19NO3S. The van der Waals surface area contributed by atoms with Crippen LogP contribution in [0.3, 0.4) is 0 Å². The monoisotopic (exact) mass is 233 g/mol. The highest BCUT2D eigenvalue weighted by Gasteiger charge is 2.18. The number of carbonyl (C=O) groups excluding carboxylic acids is 2. The molecule has 88 valence electrons. The lowest BCUT2D eigenvalue weighted by molar-refractivity contribution is -0.145. The van der Waals surface area contributed by atoms with Gasteiger partial charge in [-0.3, -0.25) is 9.59 Å². The summed E-state index contributed by atoms with van der Waals surface area (Å²) in [6.45, 7) is 4.96. The van der Waals surface area contributed by atoms with Gasteiger partial charge >= 0.3 is 0 Å². The molecule has 1 unspecified atom stereocenters. The first-order valence-corrected chi connectivity index (χ1v) is 6.37. The van der Waals surface area contributed by atoms with Gasteiger partial charge in [0.2, 0.25) is 0 Å².